The van der Waals surface area contributed by atoms with Gasteiger partial charge in [0.05, 0.1) is 23.7 Å². The summed E-state index contributed by atoms with van der Waals surface area (Å²) in [4.78, 5) is 0. The van der Waals surface area contributed by atoms with Gasteiger partial charge in [-0.05, 0) is 31.4 Å². The summed E-state index contributed by atoms with van der Waals surface area (Å²) in [5.41, 5.74) is 2.13. The smallest absolute Gasteiger partial charge is 0.0732 e. The van der Waals surface area contributed by atoms with Crippen molar-refractivity contribution in [3.8, 4) is 5.69 Å². The van der Waals surface area contributed by atoms with Crippen molar-refractivity contribution < 1.29 is 5.11 Å². The van der Waals surface area contributed by atoms with Gasteiger partial charge in [0.15, 0.2) is 0 Å². The van der Waals surface area contributed by atoms with Crippen LogP contribution in [0.15, 0.2) is 36.5 Å². The second-order valence-electron chi connectivity index (χ2n) is 4.57. The van der Waals surface area contributed by atoms with Gasteiger partial charge in [-0.3, -0.25) is 0 Å². The van der Waals surface area contributed by atoms with Crippen LogP contribution in [0.25, 0.3) is 5.69 Å². The fourth-order valence-electron chi connectivity index (χ4n) is 2.52. The van der Waals surface area contributed by atoms with Crippen molar-refractivity contribution >= 4 is 0 Å². The van der Waals surface area contributed by atoms with Gasteiger partial charge >= 0.3 is 0 Å². The molecule has 2 atom stereocenters. The minimum absolute atomic E-state index is 0.167. The van der Waals surface area contributed by atoms with Crippen molar-refractivity contribution in [1.82, 2.24) is 15.0 Å². The molecule has 88 valence electrons. The van der Waals surface area contributed by atoms with Crippen LogP contribution in [0, 0.1) is 0 Å². The van der Waals surface area contributed by atoms with E-state index in [0.717, 1.165) is 30.6 Å². The highest BCUT2D eigenvalue weighted by Gasteiger charge is 2.27. The van der Waals surface area contributed by atoms with Gasteiger partial charge in [0.2, 0.25) is 0 Å². The normalized spacial score (nSPS) is 24.1. The Morgan fingerprint density at radius 1 is 1.18 bits per heavy atom. The maximum atomic E-state index is 9.61. The summed E-state index contributed by atoms with van der Waals surface area (Å²) in [5.74, 6) is 0.375. The zero-order valence-electron chi connectivity index (χ0n) is 9.53. The number of aliphatic hydroxyl groups excluding tert-OH is 1. The summed E-state index contributed by atoms with van der Waals surface area (Å²) in [5, 5.41) is 17.8. The predicted octanol–water partition coefficient (Wildman–Crippen LogP) is 1.90. The van der Waals surface area contributed by atoms with Gasteiger partial charge in [0.25, 0.3) is 0 Å². The number of rotatable bonds is 2. The first-order valence-corrected chi connectivity index (χ1v) is 5.98. The molecule has 1 heterocycles. The summed E-state index contributed by atoms with van der Waals surface area (Å²) in [7, 11) is 0. The van der Waals surface area contributed by atoms with Crippen molar-refractivity contribution in [2.45, 2.75) is 31.3 Å². The van der Waals surface area contributed by atoms with Crippen LogP contribution in [0.5, 0.6) is 0 Å². The van der Waals surface area contributed by atoms with E-state index in [1.165, 1.54) is 0 Å². The van der Waals surface area contributed by atoms with Gasteiger partial charge in [0, 0.05) is 5.92 Å². The van der Waals surface area contributed by atoms with E-state index in [2.05, 4.69) is 10.3 Å². The van der Waals surface area contributed by atoms with Crippen molar-refractivity contribution in [2.75, 3.05) is 0 Å². The lowest BCUT2D eigenvalue weighted by atomic mass is 10.0. The molecule has 2 unspecified atom stereocenters. The molecule has 0 amide bonds. The van der Waals surface area contributed by atoms with Crippen LogP contribution in [0.4, 0.5) is 0 Å². The van der Waals surface area contributed by atoms with Gasteiger partial charge < -0.3 is 5.11 Å². The first-order chi connectivity index (χ1) is 8.34. The number of aromatic nitrogens is 3. The van der Waals surface area contributed by atoms with Gasteiger partial charge in [-0.25, -0.2) is 4.68 Å². The molecular formula is C13H15N3O. The number of hydrogen-bond acceptors (Lipinski definition) is 3. The lowest BCUT2D eigenvalue weighted by molar-refractivity contribution is 0.181. The molecule has 0 spiro atoms. The molecule has 1 aromatic carbocycles. The second kappa shape index (κ2) is 4.30. The monoisotopic (exact) mass is 229 g/mol. The second-order valence-corrected chi connectivity index (χ2v) is 4.57. The van der Waals surface area contributed by atoms with Crippen molar-refractivity contribution in [1.29, 1.82) is 0 Å². The van der Waals surface area contributed by atoms with Crippen LogP contribution >= 0.6 is 0 Å². The average Bonchev–Trinajstić information content (AvgIpc) is 2.98. The molecule has 1 N–H and O–H groups in total. The highest BCUT2D eigenvalue weighted by molar-refractivity contribution is 5.32. The first kappa shape index (κ1) is 10.5. The first-order valence-electron chi connectivity index (χ1n) is 5.98. The molecule has 1 aromatic heterocycles. The predicted molar refractivity (Wildman–Crippen MR) is 64.0 cm³/mol. The Kier molecular flexibility index (Phi) is 2.65. The highest BCUT2D eigenvalue weighted by Crippen LogP contribution is 2.34. The standard InChI is InChI=1S/C13H15N3O/c17-12-7-6-10(8-12)13-9-14-15-16(13)11-4-2-1-3-5-11/h1-5,9-10,12,17H,6-8H2. The van der Waals surface area contributed by atoms with E-state index in [1.54, 1.807) is 0 Å². The molecule has 0 aliphatic heterocycles. The third-order valence-electron chi connectivity index (χ3n) is 3.40. The largest absolute Gasteiger partial charge is 0.393 e. The molecule has 1 aliphatic rings. The van der Waals surface area contributed by atoms with Crippen molar-refractivity contribution in [3.05, 3.63) is 42.2 Å². The summed E-state index contributed by atoms with van der Waals surface area (Å²) in [6.45, 7) is 0. The molecule has 0 saturated heterocycles. The average molecular weight is 229 g/mol. The van der Waals surface area contributed by atoms with Crippen LogP contribution in [-0.4, -0.2) is 26.2 Å². The Morgan fingerprint density at radius 3 is 2.71 bits per heavy atom. The Bertz CT molecular complexity index is 494. The van der Waals surface area contributed by atoms with E-state index in [0.29, 0.717) is 5.92 Å². The highest BCUT2D eigenvalue weighted by atomic mass is 16.3. The number of aliphatic hydroxyl groups is 1. The number of nitrogens with zero attached hydrogens (tertiary/aromatic N) is 3. The third-order valence-corrected chi connectivity index (χ3v) is 3.40. The maximum Gasteiger partial charge on any atom is 0.0732 e. The summed E-state index contributed by atoms with van der Waals surface area (Å²) < 4.78 is 1.88. The molecule has 1 saturated carbocycles. The Labute approximate surface area is 99.9 Å². The summed E-state index contributed by atoms with van der Waals surface area (Å²) in [6.07, 6.45) is 4.36. The molecule has 0 radical (unpaired) electrons. The van der Waals surface area contributed by atoms with E-state index >= 15 is 0 Å². The van der Waals surface area contributed by atoms with E-state index in [-0.39, 0.29) is 6.10 Å². The Hall–Kier alpha value is -1.68. The van der Waals surface area contributed by atoms with Crippen LogP contribution in [-0.2, 0) is 0 Å². The molecule has 4 nitrogen and oxygen atoms in total. The van der Waals surface area contributed by atoms with Gasteiger partial charge in [0.1, 0.15) is 0 Å². The van der Waals surface area contributed by atoms with Crippen molar-refractivity contribution in [3.63, 3.8) is 0 Å². The van der Waals surface area contributed by atoms with Gasteiger partial charge in [-0.1, -0.05) is 23.4 Å². The minimum Gasteiger partial charge on any atom is -0.393 e. The topological polar surface area (TPSA) is 50.9 Å². The molecule has 1 aliphatic carbocycles. The molecule has 0 bridgehead atoms. The van der Waals surface area contributed by atoms with E-state index in [4.69, 9.17) is 0 Å². The van der Waals surface area contributed by atoms with Crippen molar-refractivity contribution in [2.24, 2.45) is 0 Å². The minimum atomic E-state index is -0.167. The third kappa shape index (κ3) is 1.96. The Morgan fingerprint density at radius 2 is 2.00 bits per heavy atom. The van der Waals surface area contributed by atoms with Gasteiger partial charge in [-0.2, -0.15) is 0 Å². The fraction of sp³-hybridized carbons (Fsp3) is 0.385. The lowest BCUT2D eigenvalue weighted by Gasteiger charge is -2.11. The van der Waals surface area contributed by atoms with Crippen LogP contribution in [0.1, 0.15) is 30.9 Å². The number of hydrogen-bond donors (Lipinski definition) is 1. The molecular weight excluding hydrogens is 214 g/mol. The van der Waals surface area contributed by atoms with Crippen LogP contribution in [0.2, 0.25) is 0 Å². The number of benzene rings is 1. The van der Waals surface area contributed by atoms with E-state index in [9.17, 15) is 5.11 Å². The van der Waals surface area contributed by atoms with Gasteiger partial charge in [-0.15, -0.1) is 5.10 Å². The summed E-state index contributed by atoms with van der Waals surface area (Å²) >= 11 is 0. The Balaban J connectivity index is 1.95. The zero-order valence-corrected chi connectivity index (χ0v) is 9.53. The summed E-state index contributed by atoms with van der Waals surface area (Å²) in [6, 6.07) is 10.0. The molecule has 1 fully saturated rings. The lowest BCUT2D eigenvalue weighted by Crippen LogP contribution is -2.06. The van der Waals surface area contributed by atoms with Crippen LogP contribution < -0.4 is 0 Å². The van der Waals surface area contributed by atoms with E-state index < -0.39 is 0 Å². The fourth-order valence-corrected chi connectivity index (χ4v) is 2.52. The SMILES string of the molecule is OC1CCC(c2cnnn2-c2ccccc2)C1. The van der Waals surface area contributed by atoms with Crippen LogP contribution in [0.3, 0.4) is 0 Å². The van der Waals surface area contributed by atoms with E-state index in [1.807, 2.05) is 41.2 Å². The molecule has 4 heteroatoms. The molecule has 17 heavy (non-hydrogen) atoms. The maximum absolute atomic E-state index is 9.61. The molecule has 3 rings (SSSR count). The molecule has 2 aromatic rings. The number of para-hydroxylation sites is 1. The zero-order chi connectivity index (χ0) is 11.7. The quantitative estimate of drug-likeness (QED) is 0.855.